The number of guanidine groups is 1. The maximum Gasteiger partial charge on any atom is 0.326 e. The SMILES string of the molecule is CC(C)CC(NC(=O)C(CCCN=C(N)N)NC(=O)C(C)NC(=O)C(C)N)C(=O)O. The number of carboxylic acid groups (broad SMARTS) is 1. The summed E-state index contributed by atoms with van der Waals surface area (Å²) in [5, 5.41) is 16.8. The van der Waals surface area contributed by atoms with E-state index in [1.54, 1.807) is 0 Å². The molecular formula is C18H35N7O5. The summed E-state index contributed by atoms with van der Waals surface area (Å²) in [7, 11) is 0. The Bertz CT molecular complexity index is 632. The Kier molecular flexibility index (Phi) is 12.1. The van der Waals surface area contributed by atoms with Crippen molar-refractivity contribution < 1.29 is 24.3 Å². The molecule has 0 aliphatic rings. The monoisotopic (exact) mass is 429 g/mol. The molecule has 0 aliphatic heterocycles. The lowest BCUT2D eigenvalue weighted by Gasteiger charge is -2.24. The molecule has 30 heavy (non-hydrogen) atoms. The number of hydrogen-bond acceptors (Lipinski definition) is 6. The van der Waals surface area contributed by atoms with Gasteiger partial charge in [-0.05, 0) is 39.0 Å². The van der Waals surface area contributed by atoms with Gasteiger partial charge in [0.15, 0.2) is 5.96 Å². The summed E-state index contributed by atoms with van der Waals surface area (Å²) >= 11 is 0. The molecule has 0 radical (unpaired) electrons. The van der Waals surface area contributed by atoms with Gasteiger partial charge in [-0.2, -0.15) is 0 Å². The molecule has 0 aromatic rings. The minimum atomic E-state index is -1.17. The Morgan fingerprint density at radius 2 is 1.47 bits per heavy atom. The number of amides is 3. The van der Waals surface area contributed by atoms with E-state index >= 15 is 0 Å². The quantitative estimate of drug-likeness (QED) is 0.0983. The topological polar surface area (TPSA) is 215 Å². The van der Waals surface area contributed by atoms with E-state index in [-0.39, 0.29) is 31.3 Å². The first-order chi connectivity index (χ1) is 13.8. The van der Waals surface area contributed by atoms with Crippen LogP contribution in [0.2, 0.25) is 0 Å². The van der Waals surface area contributed by atoms with E-state index in [0.717, 1.165) is 0 Å². The number of carboxylic acids is 1. The second kappa shape index (κ2) is 13.4. The average molecular weight is 430 g/mol. The zero-order valence-corrected chi connectivity index (χ0v) is 18.0. The second-order valence-corrected chi connectivity index (χ2v) is 7.56. The molecule has 172 valence electrons. The Balaban J connectivity index is 5.21. The summed E-state index contributed by atoms with van der Waals surface area (Å²) in [6, 6.07) is -3.87. The van der Waals surface area contributed by atoms with Crippen molar-refractivity contribution in [3.63, 3.8) is 0 Å². The van der Waals surface area contributed by atoms with Gasteiger partial charge in [-0.25, -0.2) is 4.79 Å². The Hall–Kier alpha value is -2.89. The number of nitrogens with zero attached hydrogens (tertiary/aromatic N) is 1. The summed E-state index contributed by atoms with van der Waals surface area (Å²) < 4.78 is 0. The lowest BCUT2D eigenvalue weighted by Crippen LogP contribution is -2.56. The van der Waals surface area contributed by atoms with Crippen LogP contribution < -0.4 is 33.2 Å². The van der Waals surface area contributed by atoms with Crippen LogP contribution in [0.4, 0.5) is 0 Å². The lowest BCUT2D eigenvalue weighted by molar-refractivity contribution is -0.142. The first kappa shape index (κ1) is 27.1. The molecule has 0 bridgehead atoms. The van der Waals surface area contributed by atoms with Crippen LogP contribution in [-0.2, 0) is 19.2 Å². The van der Waals surface area contributed by atoms with Gasteiger partial charge in [-0.3, -0.25) is 19.4 Å². The minimum Gasteiger partial charge on any atom is -0.480 e. The second-order valence-electron chi connectivity index (χ2n) is 7.56. The van der Waals surface area contributed by atoms with Gasteiger partial charge >= 0.3 is 5.97 Å². The molecule has 12 heteroatoms. The molecule has 0 saturated heterocycles. The van der Waals surface area contributed by atoms with Crippen LogP contribution in [0.5, 0.6) is 0 Å². The molecular weight excluding hydrogens is 394 g/mol. The summed E-state index contributed by atoms with van der Waals surface area (Å²) in [6.07, 6.45) is 0.756. The first-order valence-electron chi connectivity index (χ1n) is 9.80. The zero-order valence-electron chi connectivity index (χ0n) is 18.0. The van der Waals surface area contributed by atoms with Crippen LogP contribution in [0, 0.1) is 5.92 Å². The molecule has 3 amide bonds. The lowest BCUT2D eigenvalue weighted by atomic mass is 10.0. The van der Waals surface area contributed by atoms with Gasteiger partial charge < -0.3 is 38.3 Å². The predicted molar refractivity (Wildman–Crippen MR) is 112 cm³/mol. The van der Waals surface area contributed by atoms with E-state index in [9.17, 15) is 24.3 Å². The fraction of sp³-hybridized carbons (Fsp3) is 0.722. The number of hydrogen-bond donors (Lipinski definition) is 7. The van der Waals surface area contributed by atoms with Crippen molar-refractivity contribution in [1.82, 2.24) is 16.0 Å². The van der Waals surface area contributed by atoms with Gasteiger partial charge in [-0.1, -0.05) is 13.8 Å². The highest BCUT2D eigenvalue weighted by molar-refractivity contribution is 5.93. The number of aliphatic carboxylic acids is 1. The van der Waals surface area contributed by atoms with Crippen molar-refractivity contribution in [3.05, 3.63) is 0 Å². The third-order valence-corrected chi connectivity index (χ3v) is 4.07. The molecule has 0 aromatic heterocycles. The molecule has 0 spiro atoms. The third-order valence-electron chi connectivity index (χ3n) is 4.07. The van der Waals surface area contributed by atoms with Crippen LogP contribution in [0.3, 0.4) is 0 Å². The number of carbonyl (C=O) groups excluding carboxylic acids is 3. The molecule has 12 nitrogen and oxygen atoms in total. The van der Waals surface area contributed by atoms with Gasteiger partial charge in [0.2, 0.25) is 17.7 Å². The summed E-state index contributed by atoms with van der Waals surface area (Å²) in [5.41, 5.74) is 16.0. The van der Waals surface area contributed by atoms with Crippen molar-refractivity contribution in [2.45, 2.75) is 71.1 Å². The van der Waals surface area contributed by atoms with E-state index in [4.69, 9.17) is 17.2 Å². The molecule has 10 N–H and O–H groups in total. The van der Waals surface area contributed by atoms with Gasteiger partial charge in [0.1, 0.15) is 18.1 Å². The van der Waals surface area contributed by atoms with E-state index in [0.29, 0.717) is 6.42 Å². The van der Waals surface area contributed by atoms with Crippen LogP contribution in [0.25, 0.3) is 0 Å². The van der Waals surface area contributed by atoms with Crippen molar-refractivity contribution in [2.75, 3.05) is 6.54 Å². The number of aliphatic imine (C=N–C) groups is 1. The Morgan fingerprint density at radius 3 is 1.93 bits per heavy atom. The zero-order chi connectivity index (χ0) is 23.4. The number of nitrogens with two attached hydrogens (primary N) is 3. The number of rotatable bonds is 13. The van der Waals surface area contributed by atoms with E-state index < -0.39 is 47.9 Å². The molecule has 0 rings (SSSR count). The first-order valence-corrected chi connectivity index (χ1v) is 9.80. The summed E-state index contributed by atoms with van der Waals surface area (Å²) in [6.45, 7) is 6.82. The highest BCUT2D eigenvalue weighted by Gasteiger charge is 2.28. The van der Waals surface area contributed by atoms with Crippen molar-refractivity contribution >= 4 is 29.7 Å². The number of nitrogens with one attached hydrogen (secondary N) is 3. The fourth-order valence-corrected chi connectivity index (χ4v) is 2.44. The predicted octanol–water partition coefficient (Wildman–Crippen LogP) is -2.01. The normalized spacial score (nSPS) is 14.7. The summed E-state index contributed by atoms with van der Waals surface area (Å²) in [4.78, 5) is 52.0. The fourth-order valence-electron chi connectivity index (χ4n) is 2.44. The van der Waals surface area contributed by atoms with Crippen LogP contribution >= 0.6 is 0 Å². The molecule has 4 unspecified atom stereocenters. The average Bonchev–Trinajstić information content (AvgIpc) is 2.62. The van der Waals surface area contributed by atoms with E-state index in [1.807, 2.05) is 13.8 Å². The smallest absolute Gasteiger partial charge is 0.326 e. The van der Waals surface area contributed by atoms with Crippen molar-refractivity contribution in [1.29, 1.82) is 0 Å². The van der Waals surface area contributed by atoms with Crippen LogP contribution in [-0.4, -0.2) is 65.5 Å². The molecule has 0 saturated carbocycles. The van der Waals surface area contributed by atoms with Crippen molar-refractivity contribution in [3.8, 4) is 0 Å². The summed E-state index contributed by atoms with van der Waals surface area (Å²) in [5.74, 6) is -3.01. The highest BCUT2D eigenvalue weighted by Crippen LogP contribution is 2.07. The minimum absolute atomic E-state index is 0.0368. The van der Waals surface area contributed by atoms with Gasteiger partial charge in [0, 0.05) is 6.54 Å². The molecule has 4 atom stereocenters. The Labute approximate surface area is 176 Å². The van der Waals surface area contributed by atoms with Gasteiger partial charge in [0.05, 0.1) is 6.04 Å². The maximum absolute atomic E-state index is 12.7. The van der Waals surface area contributed by atoms with Gasteiger partial charge in [-0.15, -0.1) is 0 Å². The standard InChI is InChI=1S/C18H35N7O5/c1-9(2)8-13(17(29)30)25-16(28)12(6-5-7-22-18(20)21)24-15(27)11(4)23-14(26)10(3)19/h9-13H,5-8,19H2,1-4H3,(H,23,26)(H,24,27)(H,25,28)(H,29,30)(H4,20,21,22). The van der Waals surface area contributed by atoms with Crippen LogP contribution in [0.1, 0.15) is 47.0 Å². The van der Waals surface area contributed by atoms with Gasteiger partial charge in [0.25, 0.3) is 0 Å². The molecule has 0 aromatic carbocycles. The van der Waals surface area contributed by atoms with Crippen LogP contribution in [0.15, 0.2) is 4.99 Å². The highest BCUT2D eigenvalue weighted by atomic mass is 16.4. The molecule has 0 heterocycles. The van der Waals surface area contributed by atoms with Crippen molar-refractivity contribution in [2.24, 2.45) is 28.1 Å². The molecule has 0 fully saturated rings. The maximum atomic E-state index is 12.7. The molecule has 0 aliphatic carbocycles. The number of carbonyl (C=O) groups is 4. The largest absolute Gasteiger partial charge is 0.480 e. The van der Waals surface area contributed by atoms with E-state index in [2.05, 4.69) is 20.9 Å². The van der Waals surface area contributed by atoms with E-state index in [1.165, 1.54) is 13.8 Å². The Morgan fingerprint density at radius 1 is 0.900 bits per heavy atom. The third kappa shape index (κ3) is 11.2.